The van der Waals surface area contributed by atoms with Gasteiger partial charge in [-0.2, -0.15) is 0 Å². The molecule has 156 valence electrons. The molecular weight excluding hydrogens is 457 g/mol. The minimum Gasteiger partial charge on any atom is -0.346 e. The Hall–Kier alpha value is -3.01. The van der Waals surface area contributed by atoms with Crippen molar-refractivity contribution in [1.82, 2.24) is 35.3 Å². The molecule has 4 aromatic rings. The minimum atomic E-state index is -0.354. The van der Waals surface area contributed by atoms with E-state index in [1.54, 1.807) is 53.7 Å². The summed E-state index contributed by atoms with van der Waals surface area (Å²) in [6, 6.07) is 10.4. The second-order valence-corrected chi connectivity index (χ2v) is 8.10. The molecule has 0 radical (unpaired) electrons. The molecule has 0 spiro atoms. The summed E-state index contributed by atoms with van der Waals surface area (Å²) >= 11 is 13.7. The third kappa shape index (κ3) is 5.38. The molecule has 1 aromatic carbocycles. The molecule has 0 aliphatic carbocycles. The van der Waals surface area contributed by atoms with Crippen LogP contribution in [0.2, 0.25) is 10.0 Å². The maximum Gasteiger partial charge on any atom is 0.274 e. The SMILES string of the molecule is O=C(NCc1cccnc1)c1nnn(-c2cc(Cl)cc(Cl)c2)c1CSc1ncccn1. The second kappa shape index (κ2) is 9.86. The predicted octanol–water partition coefficient (Wildman–Crippen LogP) is 3.98. The van der Waals surface area contributed by atoms with Gasteiger partial charge in [0.25, 0.3) is 5.91 Å². The molecule has 31 heavy (non-hydrogen) atoms. The normalized spacial score (nSPS) is 10.8. The van der Waals surface area contributed by atoms with Crippen molar-refractivity contribution in [1.29, 1.82) is 0 Å². The lowest BCUT2D eigenvalue weighted by molar-refractivity contribution is 0.0945. The van der Waals surface area contributed by atoms with Crippen LogP contribution in [0.15, 0.2) is 66.3 Å². The van der Waals surface area contributed by atoms with Gasteiger partial charge in [0.05, 0.1) is 11.4 Å². The molecule has 0 saturated heterocycles. The van der Waals surface area contributed by atoms with Crippen LogP contribution in [-0.2, 0) is 12.3 Å². The van der Waals surface area contributed by atoms with E-state index < -0.39 is 0 Å². The Labute approximate surface area is 192 Å². The standard InChI is InChI=1S/C20H15Cl2N7OS/c21-14-7-15(22)9-16(8-14)29-17(12-31-20-24-5-2-6-25-20)18(27-28-29)19(30)26-11-13-3-1-4-23-10-13/h1-10H,11-12H2,(H,26,30). The fourth-order valence-electron chi connectivity index (χ4n) is 2.74. The summed E-state index contributed by atoms with van der Waals surface area (Å²) in [6.07, 6.45) is 6.68. The first kappa shape index (κ1) is 21.2. The van der Waals surface area contributed by atoms with Gasteiger partial charge >= 0.3 is 0 Å². The number of thioether (sulfide) groups is 1. The first-order valence-electron chi connectivity index (χ1n) is 9.08. The van der Waals surface area contributed by atoms with E-state index in [0.717, 1.165) is 5.56 Å². The van der Waals surface area contributed by atoms with Crippen LogP contribution in [0.5, 0.6) is 0 Å². The second-order valence-electron chi connectivity index (χ2n) is 6.29. The number of carbonyl (C=O) groups excluding carboxylic acids is 1. The number of hydrogen-bond donors (Lipinski definition) is 1. The molecular formula is C20H15Cl2N7OS. The van der Waals surface area contributed by atoms with Crippen LogP contribution >= 0.6 is 35.0 Å². The molecule has 0 aliphatic rings. The summed E-state index contributed by atoms with van der Waals surface area (Å²) < 4.78 is 1.55. The number of halogens is 2. The van der Waals surface area contributed by atoms with Gasteiger partial charge in [-0.15, -0.1) is 5.10 Å². The van der Waals surface area contributed by atoms with Gasteiger partial charge < -0.3 is 5.32 Å². The van der Waals surface area contributed by atoms with Crippen molar-refractivity contribution in [2.45, 2.75) is 17.5 Å². The van der Waals surface area contributed by atoms with E-state index in [4.69, 9.17) is 23.2 Å². The molecule has 3 heterocycles. The van der Waals surface area contributed by atoms with E-state index in [1.807, 2.05) is 12.1 Å². The number of nitrogens with one attached hydrogen (secondary N) is 1. The molecule has 0 saturated carbocycles. The smallest absolute Gasteiger partial charge is 0.274 e. The molecule has 1 N–H and O–H groups in total. The van der Waals surface area contributed by atoms with E-state index in [1.165, 1.54) is 11.8 Å². The highest BCUT2D eigenvalue weighted by atomic mass is 35.5. The van der Waals surface area contributed by atoms with Gasteiger partial charge in [0.1, 0.15) is 0 Å². The van der Waals surface area contributed by atoms with Crippen molar-refractivity contribution in [2.75, 3.05) is 0 Å². The molecule has 0 aliphatic heterocycles. The summed E-state index contributed by atoms with van der Waals surface area (Å²) in [5.41, 5.74) is 2.24. The number of rotatable bonds is 7. The van der Waals surface area contributed by atoms with Crippen molar-refractivity contribution in [3.8, 4) is 5.69 Å². The molecule has 11 heteroatoms. The largest absolute Gasteiger partial charge is 0.346 e. The van der Waals surface area contributed by atoms with Crippen molar-refractivity contribution in [3.63, 3.8) is 0 Å². The number of hydrogen-bond acceptors (Lipinski definition) is 7. The Bertz CT molecular complexity index is 1170. The first-order valence-corrected chi connectivity index (χ1v) is 10.8. The van der Waals surface area contributed by atoms with Crippen LogP contribution in [0.3, 0.4) is 0 Å². The highest BCUT2D eigenvalue weighted by Crippen LogP contribution is 2.26. The summed E-state index contributed by atoms with van der Waals surface area (Å²) in [4.78, 5) is 25.4. The molecule has 3 aromatic heterocycles. The molecule has 0 bridgehead atoms. The average Bonchev–Trinajstić information content (AvgIpc) is 3.21. The van der Waals surface area contributed by atoms with Crippen LogP contribution in [0, 0.1) is 0 Å². The molecule has 0 unspecified atom stereocenters. The number of pyridine rings is 1. The maximum absolute atomic E-state index is 12.9. The van der Waals surface area contributed by atoms with Gasteiger partial charge in [0.15, 0.2) is 10.9 Å². The number of amides is 1. The van der Waals surface area contributed by atoms with E-state index in [9.17, 15) is 4.79 Å². The molecule has 4 rings (SSSR count). The molecule has 0 fully saturated rings. The fraction of sp³-hybridized carbons (Fsp3) is 0.100. The average molecular weight is 472 g/mol. The minimum absolute atomic E-state index is 0.198. The lowest BCUT2D eigenvalue weighted by Gasteiger charge is -2.09. The van der Waals surface area contributed by atoms with E-state index in [-0.39, 0.29) is 11.6 Å². The highest BCUT2D eigenvalue weighted by Gasteiger charge is 2.21. The van der Waals surface area contributed by atoms with Crippen molar-refractivity contribution in [2.24, 2.45) is 0 Å². The third-order valence-electron chi connectivity index (χ3n) is 4.13. The number of nitrogens with zero attached hydrogens (tertiary/aromatic N) is 6. The summed E-state index contributed by atoms with van der Waals surface area (Å²) in [5, 5.41) is 12.6. The lowest BCUT2D eigenvalue weighted by Crippen LogP contribution is -2.24. The topological polar surface area (TPSA) is 98.5 Å². The summed E-state index contributed by atoms with van der Waals surface area (Å²) in [7, 11) is 0. The number of aromatic nitrogens is 6. The Kier molecular flexibility index (Phi) is 6.76. The third-order valence-corrected chi connectivity index (χ3v) is 5.45. The molecule has 0 atom stereocenters. The Morgan fingerprint density at radius 1 is 1.06 bits per heavy atom. The van der Waals surface area contributed by atoms with Crippen LogP contribution in [-0.4, -0.2) is 35.9 Å². The van der Waals surface area contributed by atoms with Crippen LogP contribution in [0.4, 0.5) is 0 Å². The quantitative estimate of drug-likeness (QED) is 0.321. The summed E-state index contributed by atoms with van der Waals surface area (Å²) in [5.74, 6) is 0.00405. The van der Waals surface area contributed by atoms with Crippen molar-refractivity contribution in [3.05, 3.63) is 88.2 Å². The van der Waals surface area contributed by atoms with Gasteiger partial charge in [-0.25, -0.2) is 14.6 Å². The van der Waals surface area contributed by atoms with E-state index >= 15 is 0 Å². The molecule has 8 nitrogen and oxygen atoms in total. The number of benzene rings is 1. The van der Waals surface area contributed by atoms with Gasteiger partial charge in [-0.3, -0.25) is 9.78 Å². The highest BCUT2D eigenvalue weighted by molar-refractivity contribution is 7.98. The maximum atomic E-state index is 12.9. The van der Waals surface area contributed by atoms with Gasteiger partial charge in [0, 0.05) is 47.1 Å². The van der Waals surface area contributed by atoms with Gasteiger partial charge in [-0.1, -0.05) is 46.2 Å². The van der Waals surface area contributed by atoms with Gasteiger partial charge in [-0.05, 0) is 35.9 Å². The van der Waals surface area contributed by atoms with E-state index in [0.29, 0.717) is 38.9 Å². The fourth-order valence-corrected chi connectivity index (χ4v) is 4.05. The summed E-state index contributed by atoms with van der Waals surface area (Å²) in [6.45, 7) is 0.316. The lowest BCUT2D eigenvalue weighted by atomic mass is 10.2. The monoisotopic (exact) mass is 471 g/mol. The molecule has 1 amide bonds. The zero-order valence-corrected chi connectivity index (χ0v) is 18.3. The van der Waals surface area contributed by atoms with Gasteiger partial charge in [0.2, 0.25) is 0 Å². The first-order chi connectivity index (χ1) is 15.1. The zero-order valence-electron chi connectivity index (χ0n) is 15.9. The zero-order chi connectivity index (χ0) is 21.6. The van der Waals surface area contributed by atoms with Crippen molar-refractivity contribution >= 4 is 40.9 Å². The Morgan fingerprint density at radius 2 is 1.84 bits per heavy atom. The van der Waals surface area contributed by atoms with E-state index in [2.05, 4.69) is 30.6 Å². The van der Waals surface area contributed by atoms with Crippen LogP contribution in [0.1, 0.15) is 21.7 Å². The Morgan fingerprint density at radius 3 is 2.55 bits per heavy atom. The number of carbonyl (C=O) groups is 1. The predicted molar refractivity (Wildman–Crippen MR) is 118 cm³/mol. The Balaban J connectivity index is 1.63. The van der Waals surface area contributed by atoms with Crippen LogP contribution < -0.4 is 5.32 Å². The van der Waals surface area contributed by atoms with Crippen molar-refractivity contribution < 1.29 is 4.79 Å². The van der Waals surface area contributed by atoms with Crippen LogP contribution in [0.25, 0.3) is 5.69 Å².